The van der Waals surface area contributed by atoms with Crippen LogP contribution < -0.4 is 5.73 Å². The molecule has 1 aromatic heterocycles. The number of halogens is 4. The van der Waals surface area contributed by atoms with Crippen LogP contribution in [0.3, 0.4) is 0 Å². The summed E-state index contributed by atoms with van der Waals surface area (Å²) >= 11 is 5.06. The number of nitrogens with two attached hydrogens (primary N) is 1. The van der Waals surface area contributed by atoms with Gasteiger partial charge < -0.3 is 5.73 Å². The molecule has 1 unspecified atom stereocenters. The zero-order chi connectivity index (χ0) is 14.8. The van der Waals surface area contributed by atoms with Crippen molar-refractivity contribution in [3.63, 3.8) is 0 Å². The molecule has 0 amide bonds. The molecule has 0 aliphatic rings. The Morgan fingerprint density at radius 1 is 1.10 bits per heavy atom. The van der Waals surface area contributed by atoms with Crippen molar-refractivity contribution in [1.29, 1.82) is 0 Å². The summed E-state index contributed by atoms with van der Waals surface area (Å²) in [6, 6.07) is 7.04. The molecule has 1 aromatic carbocycles. The maximum atomic E-state index is 12.5. The zero-order valence-corrected chi connectivity index (χ0v) is 12.9. The third-order valence-corrected chi connectivity index (χ3v) is 4.87. The van der Waals surface area contributed by atoms with Crippen LogP contribution in [0.5, 0.6) is 0 Å². The third-order valence-electron chi connectivity index (χ3n) is 2.92. The van der Waals surface area contributed by atoms with Crippen LogP contribution >= 0.6 is 27.3 Å². The van der Waals surface area contributed by atoms with E-state index in [1.807, 2.05) is 11.4 Å². The van der Waals surface area contributed by atoms with Gasteiger partial charge in [-0.1, -0.05) is 12.1 Å². The van der Waals surface area contributed by atoms with E-state index in [4.69, 9.17) is 5.73 Å². The lowest BCUT2D eigenvalue weighted by atomic mass is 10.0. The highest BCUT2D eigenvalue weighted by atomic mass is 79.9. The molecule has 108 valence electrons. The largest absolute Gasteiger partial charge is 0.416 e. The first-order chi connectivity index (χ1) is 9.36. The number of hydrogen-bond donors (Lipinski definition) is 1. The molecule has 20 heavy (non-hydrogen) atoms. The molecule has 1 heterocycles. The zero-order valence-electron chi connectivity index (χ0n) is 10.5. The Labute approximate surface area is 127 Å². The van der Waals surface area contributed by atoms with Gasteiger partial charge >= 0.3 is 6.18 Å². The minimum absolute atomic E-state index is 0.110. The molecule has 0 fully saturated rings. The molecule has 0 radical (unpaired) electrons. The van der Waals surface area contributed by atoms with E-state index in [1.54, 1.807) is 11.3 Å². The SMILES string of the molecule is NC(Cc1ccc(C(F)(F)F)cc1)Cc1sccc1Br. The van der Waals surface area contributed by atoms with E-state index >= 15 is 0 Å². The van der Waals surface area contributed by atoms with E-state index in [2.05, 4.69) is 15.9 Å². The van der Waals surface area contributed by atoms with Crippen LogP contribution in [0.1, 0.15) is 16.0 Å². The lowest BCUT2D eigenvalue weighted by Crippen LogP contribution is -2.25. The van der Waals surface area contributed by atoms with Crippen molar-refractivity contribution in [3.05, 3.63) is 56.2 Å². The molecule has 0 saturated heterocycles. The van der Waals surface area contributed by atoms with Gasteiger partial charge in [0.1, 0.15) is 0 Å². The molecule has 0 saturated carbocycles. The second kappa shape index (κ2) is 6.28. The predicted molar refractivity (Wildman–Crippen MR) is 78.8 cm³/mol. The Bertz CT molecular complexity index is 563. The fourth-order valence-electron chi connectivity index (χ4n) is 1.91. The van der Waals surface area contributed by atoms with E-state index < -0.39 is 11.7 Å². The normalized spacial score (nSPS) is 13.4. The van der Waals surface area contributed by atoms with Crippen LogP contribution in [0.2, 0.25) is 0 Å². The molecule has 0 aliphatic carbocycles. The number of hydrogen-bond acceptors (Lipinski definition) is 2. The molecule has 2 rings (SSSR count). The summed E-state index contributed by atoms with van der Waals surface area (Å²) in [6.45, 7) is 0. The van der Waals surface area contributed by atoms with Crippen molar-refractivity contribution >= 4 is 27.3 Å². The van der Waals surface area contributed by atoms with Gasteiger partial charge in [-0.2, -0.15) is 13.2 Å². The van der Waals surface area contributed by atoms with E-state index in [-0.39, 0.29) is 6.04 Å². The highest BCUT2D eigenvalue weighted by Crippen LogP contribution is 2.29. The Morgan fingerprint density at radius 3 is 2.25 bits per heavy atom. The van der Waals surface area contributed by atoms with Gasteiger partial charge in [0, 0.05) is 15.4 Å². The van der Waals surface area contributed by atoms with E-state index in [0.29, 0.717) is 12.8 Å². The lowest BCUT2D eigenvalue weighted by molar-refractivity contribution is -0.137. The van der Waals surface area contributed by atoms with Crippen LogP contribution in [-0.2, 0) is 19.0 Å². The summed E-state index contributed by atoms with van der Waals surface area (Å²) in [6.07, 6.45) is -3.02. The first-order valence-electron chi connectivity index (χ1n) is 6.00. The van der Waals surface area contributed by atoms with Crippen molar-refractivity contribution in [1.82, 2.24) is 0 Å². The molecule has 0 spiro atoms. The first kappa shape index (κ1) is 15.5. The standard InChI is InChI=1S/C14H13BrF3NS/c15-12-5-6-20-13(12)8-11(19)7-9-1-3-10(4-2-9)14(16,17)18/h1-6,11H,7-8,19H2. The van der Waals surface area contributed by atoms with Gasteiger partial charge in [0.2, 0.25) is 0 Å². The Hall–Kier alpha value is -0.850. The molecular formula is C14H13BrF3NS. The van der Waals surface area contributed by atoms with E-state index in [1.165, 1.54) is 12.1 Å². The minimum Gasteiger partial charge on any atom is -0.327 e. The van der Waals surface area contributed by atoms with Crippen molar-refractivity contribution in [3.8, 4) is 0 Å². The minimum atomic E-state index is -4.29. The van der Waals surface area contributed by atoms with Gasteiger partial charge in [-0.05, 0) is 57.9 Å². The maximum absolute atomic E-state index is 12.5. The summed E-state index contributed by atoms with van der Waals surface area (Å²) in [5, 5.41) is 1.98. The first-order valence-corrected chi connectivity index (χ1v) is 7.67. The number of thiophene rings is 1. The quantitative estimate of drug-likeness (QED) is 0.840. The average Bonchev–Trinajstić information content (AvgIpc) is 2.74. The summed E-state index contributed by atoms with van der Waals surface area (Å²) in [5.41, 5.74) is 6.24. The Morgan fingerprint density at radius 2 is 1.75 bits per heavy atom. The third kappa shape index (κ3) is 4.07. The summed E-state index contributed by atoms with van der Waals surface area (Å²) < 4.78 is 38.4. The molecule has 2 N–H and O–H groups in total. The van der Waals surface area contributed by atoms with Crippen molar-refractivity contribution in [2.45, 2.75) is 25.1 Å². The predicted octanol–water partition coefficient (Wildman–Crippen LogP) is 4.64. The fourth-order valence-corrected chi connectivity index (χ4v) is 3.52. The Kier molecular flexibility index (Phi) is 4.88. The van der Waals surface area contributed by atoms with E-state index in [0.717, 1.165) is 27.0 Å². The summed E-state index contributed by atoms with van der Waals surface area (Å²) in [4.78, 5) is 1.16. The van der Waals surface area contributed by atoms with Crippen LogP contribution in [0, 0.1) is 0 Å². The second-order valence-corrected chi connectivity index (χ2v) is 6.41. The highest BCUT2D eigenvalue weighted by molar-refractivity contribution is 9.10. The van der Waals surface area contributed by atoms with Gasteiger partial charge in [-0.25, -0.2) is 0 Å². The van der Waals surface area contributed by atoms with Gasteiger partial charge in [-0.3, -0.25) is 0 Å². The van der Waals surface area contributed by atoms with Gasteiger partial charge in [0.15, 0.2) is 0 Å². The topological polar surface area (TPSA) is 26.0 Å². The second-order valence-electron chi connectivity index (χ2n) is 4.55. The van der Waals surface area contributed by atoms with E-state index in [9.17, 15) is 13.2 Å². The van der Waals surface area contributed by atoms with Gasteiger partial charge in [-0.15, -0.1) is 11.3 Å². The number of alkyl halides is 3. The lowest BCUT2D eigenvalue weighted by Gasteiger charge is -2.12. The van der Waals surface area contributed by atoms with Crippen molar-refractivity contribution < 1.29 is 13.2 Å². The Balaban J connectivity index is 1.98. The van der Waals surface area contributed by atoms with Crippen LogP contribution in [0.15, 0.2) is 40.2 Å². The molecule has 0 bridgehead atoms. The number of rotatable bonds is 4. The molecule has 6 heteroatoms. The van der Waals surface area contributed by atoms with Crippen LogP contribution in [0.4, 0.5) is 13.2 Å². The summed E-state index contributed by atoms with van der Waals surface area (Å²) in [5.74, 6) is 0. The molecule has 2 aromatic rings. The van der Waals surface area contributed by atoms with Gasteiger partial charge in [0.05, 0.1) is 5.56 Å². The maximum Gasteiger partial charge on any atom is 0.416 e. The molecule has 1 atom stereocenters. The smallest absolute Gasteiger partial charge is 0.327 e. The summed E-state index contributed by atoms with van der Waals surface area (Å²) in [7, 11) is 0. The monoisotopic (exact) mass is 363 g/mol. The van der Waals surface area contributed by atoms with Crippen LogP contribution in [0.25, 0.3) is 0 Å². The number of benzene rings is 1. The van der Waals surface area contributed by atoms with Crippen molar-refractivity contribution in [2.75, 3.05) is 0 Å². The fraction of sp³-hybridized carbons (Fsp3) is 0.286. The molecule has 1 nitrogen and oxygen atoms in total. The van der Waals surface area contributed by atoms with Gasteiger partial charge in [0.25, 0.3) is 0 Å². The van der Waals surface area contributed by atoms with Crippen molar-refractivity contribution in [2.24, 2.45) is 5.73 Å². The molecule has 0 aliphatic heterocycles. The average molecular weight is 364 g/mol. The molecular weight excluding hydrogens is 351 g/mol. The van der Waals surface area contributed by atoms with Crippen LogP contribution in [-0.4, -0.2) is 6.04 Å². The highest BCUT2D eigenvalue weighted by Gasteiger charge is 2.29.